The molecular formula is C16H18FNO2. The van der Waals surface area contributed by atoms with Crippen molar-refractivity contribution in [3.8, 4) is 11.5 Å². The number of nitrogens with one attached hydrogen (secondary N) is 1. The molecule has 3 nitrogen and oxygen atoms in total. The highest BCUT2D eigenvalue weighted by molar-refractivity contribution is 5.50. The number of rotatable bonds is 6. The Balaban J connectivity index is 1.84. The first-order valence-electron chi connectivity index (χ1n) is 6.46. The van der Waals surface area contributed by atoms with Crippen LogP contribution in [0.2, 0.25) is 0 Å². The first-order chi connectivity index (χ1) is 9.70. The number of para-hydroxylation sites is 2. The third-order valence-corrected chi connectivity index (χ3v) is 2.93. The van der Waals surface area contributed by atoms with Gasteiger partial charge in [-0.15, -0.1) is 0 Å². The first kappa shape index (κ1) is 14.2. The minimum Gasteiger partial charge on any atom is -0.493 e. The van der Waals surface area contributed by atoms with E-state index < -0.39 is 0 Å². The van der Waals surface area contributed by atoms with Crippen LogP contribution in [0.5, 0.6) is 11.5 Å². The zero-order valence-corrected chi connectivity index (χ0v) is 11.7. The number of aryl methyl sites for hydroxylation is 1. The second-order valence-corrected chi connectivity index (χ2v) is 4.39. The van der Waals surface area contributed by atoms with Gasteiger partial charge in [0.1, 0.15) is 12.4 Å². The van der Waals surface area contributed by atoms with Crippen LogP contribution in [-0.4, -0.2) is 20.3 Å². The van der Waals surface area contributed by atoms with Crippen molar-refractivity contribution in [1.29, 1.82) is 0 Å². The van der Waals surface area contributed by atoms with Crippen LogP contribution < -0.4 is 14.8 Å². The maximum Gasteiger partial charge on any atom is 0.161 e. The molecule has 0 bridgehead atoms. The van der Waals surface area contributed by atoms with E-state index in [-0.39, 0.29) is 5.82 Å². The summed E-state index contributed by atoms with van der Waals surface area (Å²) in [6.45, 7) is 2.99. The van der Waals surface area contributed by atoms with E-state index in [1.165, 1.54) is 12.1 Å². The summed E-state index contributed by atoms with van der Waals surface area (Å²) < 4.78 is 23.8. The third kappa shape index (κ3) is 3.63. The SMILES string of the molecule is COc1ccccc1OCCNc1ccc(F)cc1C. The fourth-order valence-electron chi connectivity index (χ4n) is 1.91. The van der Waals surface area contributed by atoms with Gasteiger partial charge in [-0.05, 0) is 42.8 Å². The van der Waals surface area contributed by atoms with Crippen molar-refractivity contribution in [3.63, 3.8) is 0 Å². The summed E-state index contributed by atoms with van der Waals surface area (Å²) in [6.07, 6.45) is 0. The monoisotopic (exact) mass is 275 g/mol. The summed E-state index contributed by atoms with van der Waals surface area (Å²) in [6, 6.07) is 12.2. The highest BCUT2D eigenvalue weighted by atomic mass is 19.1. The molecule has 0 spiro atoms. The van der Waals surface area contributed by atoms with Crippen molar-refractivity contribution >= 4 is 5.69 Å². The minimum absolute atomic E-state index is 0.224. The molecule has 0 aliphatic heterocycles. The van der Waals surface area contributed by atoms with Crippen LogP contribution in [0.3, 0.4) is 0 Å². The molecule has 0 amide bonds. The first-order valence-corrected chi connectivity index (χ1v) is 6.46. The van der Waals surface area contributed by atoms with Crippen LogP contribution in [0.1, 0.15) is 5.56 Å². The van der Waals surface area contributed by atoms with Gasteiger partial charge in [-0.1, -0.05) is 12.1 Å². The lowest BCUT2D eigenvalue weighted by Crippen LogP contribution is -2.12. The Hall–Kier alpha value is -2.23. The number of methoxy groups -OCH3 is 1. The fourth-order valence-corrected chi connectivity index (χ4v) is 1.91. The Morgan fingerprint density at radius 2 is 1.85 bits per heavy atom. The van der Waals surface area contributed by atoms with Gasteiger partial charge >= 0.3 is 0 Å². The zero-order chi connectivity index (χ0) is 14.4. The zero-order valence-electron chi connectivity index (χ0n) is 11.7. The molecule has 2 aromatic rings. The van der Waals surface area contributed by atoms with Crippen LogP contribution in [0.15, 0.2) is 42.5 Å². The molecule has 0 saturated heterocycles. The van der Waals surface area contributed by atoms with Gasteiger partial charge in [-0.25, -0.2) is 4.39 Å². The largest absolute Gasteiger partial charge is 0.493 e. The lowest BCUT2D eigenvalue weighted by molar-refractivity contribution is 0.306. The molecule has 0 heterocycles. The smallest absolute Gasteiger partial charge is 0.161 e. The number of hydrogen-bond acceptors (Lipinski definition) is 3. The van der Waals surface area contributed by atoms with E-state index in [4.69, 9.17) is 9.47 Å². The molecule has 0 fully saturated rings. The Morgan fingerprint density at radius 1 is 1.10 bits per heavy atom. The number of halogens is 1. The highest BCUT2D eigenvalue weighted by Gasteiger charge is 2.03. The van der Waals surface area contributed by atoms with Crippen LogP contribution >= 0.6 is 0 Å². The molecule has 4 heteroatoms. The van der Waals surface area contributed by atoms with Crippen LogP contribution in [-0.2, 0) is 0 Å². The quantitative estimate of drug-likeness (QED) is 0.817. The number of ether oxygens (including phenoxy) is 2. The molecule has 0 atom stereocenters. The van der Waals surface area contributed by atoms with Crippen molar-refractivity contribution in [3.05, 3.63) is 53.8 Å². The van der Waals surface area contributed by atoms with Crippen LogP contribution in [0, 0.1) is 12.7 Å². The van der Waals surface area contributed by atoms with Crippen LogP contribution in [0.4, 0.5) is 10.1 Å². The predicted octanol–water partition coefficient (Wildman–Crippen LogP) is 3.63. The van der Waals surface area contributed by atoms with Gasteiger partial charge in [-0.3, -0.25) is 0 Å². The van der Waals surface area contributed by atoms with E-state index in [0.29, 0.717) is 24.7 Å². The van der Waals surface area contributed by atoms with Gasteiger partial charge < -0.3 is 14.8 Å². The lowest BCUT2D eigenvalue weighted by Gasteiger charge is -2.12. The average Bonchev–Trinajstić information content (AvgIpc) is 2.46. The second kappa shape index (κ2) is 6.80. The molecule has 106 valence electrons. The van der Waals surface area contributed by atoms with E-state index in [9.17, 15) is 4.39 Å². The normalized spacial score (nSPS) is 10.2. The molecule has 2 rings (SSSR count). The van der Waals surface area contributed by atoms with Gasteiger partial charge in [-0.2, -0.15) is 0 Å². The molecule has 0 radical (unpaired) electrons. The number of hydrogen-bond donors (Lipinski definition) is 1. The Kier molecular flexibility index (Phi) is 4.82. The molecule has 2 aromatic carbocycles. The van der Waals surface area contributed by atoms with Crippen molar-refractivity contribution in [1.82, 2.24) is 0 Å². The summed E-state index contributed by atoms with van der Waals surface area (Å²) in [5.74, 6) is 1.21. The van der Waals surface area contributed by atoms with Gasteiger partial charge in [0.05, 0.1) is 7.11 Å². The molecule has 20 heavy (non-hydrogen) atoms. The molecule has 0 aliphatic rings. The van der Waals surface area contributed by atoms with E-state index >= 15 is 0 Å². The predicted molar refractivity (Wildman–Crippen MR) is 78.1 cm³/mol. The average molecular weight is 275 g/mol. The van der Waals surface area contributed by atoms with E-state index in [0.717, 1.165) is 11.3 Å². The van der Waals surface area contributed by atoms with Gasteiger partial charge in [0, 0.05) is 12.2 Å². The molecule has 1 N–H and O–H groups in total. The molecular weight excluding hydrogens is 257 g/mol. The lowest BCUT2D eigenvalue weighted by atomic mass is 10.2. The van der Waals surface area contributed by atoms with E-state index in [1.807, 2.05) is 31.2 Å². The Morgan fingerprint density at radius 3 is 2.55 bits per heavy atom. The van der Waals surface area contributed by atoms with Gasteiger partial charge in [0.2, 0.25) is 0 Å². The van der Waals surface area contributed by atoms with Crippen molar-refractivity contribution < 1.29 is 13.9 Å². The maximum atomic E-state index is 13.0. The number of anilines is 1. The summed E-state index contributed by atoms with van der Waals surface area (Å²) >= 11 is 0. The molecule has 0 aliphatic carbocycles. The van der Waals surface area contributed by atoms with Gasteiger partial charge in [0.15, 0.2) is 11.5 Å². The molecule has 0 aromatic heterocycles. The Labute approximate surface area is 118 Å². The van der Waals surface area contributed by atoms with E-state index in [1.54, 1.807) is 13.2 Å². The van der Waals surface area contributed by atoms with Gasteiger partial charge in [0.25, 0.3) is 0 Å². The van der Waals surface area contributed by atoms with E-state index in [2.05, 4.69) is 5.32 Å². The molecule has 0 unspecified atom stereocenters. The van der Waals surface area contributed by atoms with Crippen LogP contribution in [0.25, 0.3) is 0 Å². The molecule has 0 saturated carbocycles. The summed E-state index contributed by atoms with van der Waals surface area (Å²) in [4.78, 5) is 0. The topological polar surface area (TPSA) is 30.5 Å². The van der Waals surface area contributed by atoms with Crippen molar-refractivity contribution in [2.24, 2.45) is 0 Å². The maximum absolute atomic E-state index is 13.0. The summed E-state index contributed by atoms with van der Waals surface area (Å²) in [7, 11) is 1.61. The van der Waals surface area contributed by atoms with Crippen molar-refractivity contribution in [2.45, 2.75) is 6.92 Å². The fraction of sp³-hybridized carbons (Fsp3) is 0.250. The summed E-state index contributed by atoms with van der Waals surface area (Å²) in [5.41, 5.74) is 1.79. The number of benzene rings is 2. The standard InChI is InChI=1S/C16H18FNO2/c1-12-11-13(17)7-8-14(12)18-9-10-20-16-6-4-3-5-15(16)19-2/h3-8,11,18H,9-10H2,1-2H3. The second-order valence-electron chi connectivity index (χ2n) is 4.39. The van der Waals surface area contributed by atoms with Crippen molar-refractivity contribution in [2.75, 3.05) is 25.6 Å². The minimum atomic E-state index is -0.224. The highest BCUT2D eigenvalue weighted by Crippen LogP contribution is 2.25. The summed E-state index contributed by atoms with van der Waals surface area (Å²) in [5, 5.41) is 3.22. The third-order valence-electron chi connectivity index (χ3n) is 2.93. The Bertz CT molecular complexity index is 572.